The lowest BCUT2D eigenvalue weighted by atomic mass is 10.3. The van der Waals surface area contributed by atoms with Gasteiger partial charge in [-0.2, -0.15) is 0 Å². The lowest BCUT2D eigenvalue weighted by molar-refractivity contribution is 0.0670. The third kappa shape index (κ3) is 3.36. The normalized spacial score (nSPS) is 16.6. The van der Waals surface area contributed by atoms with Crippen molar-refractivity contribution in [2.75, 3.05) is 50.8 Å². The molecule has 1 aromatic rings. The molecule has 6 nitrogen and oxygen atoms in total. The lowest BCUT2D eigenvalue weighted by Crippen LogP contribution is -2.47. The Morgan fingerprint density at radius 2 is 2.11 bits per heavy atom. The second-order valence-electron chi connectivity index (χ2n) is 4.76. The van der Waals surface area contributed by atoms with E-state index in [1.54, 1.807) is 0 Å². The van der Waals surface area contributed by atoms with Crippen LogP contribution in [0.3, 0.4) is 0 Å². The van der Waals surface area contributed by atoms with Gasteiger partial charge in [-0.25, -0.2) is 4.98 Å². The number of hydrogen-bond donors (Lipinski definition) is 2. The highest BCUT2D eigenvalue weighted by molar-refractivity contribution is 7.18. The van der Waals surface area contributed by atoms with Crippen LogP contribution in [-0.2, 0) is 0 Å². The quantitative estimate of drug-likeness (QED) is 0.860. The number of carbonyl (C=O) groups excluding carboxylic acids is 1. The Labute approximate surface area is 117 Å². The van der Waals surface area contributed by atoms with Crippen LogP contribution in [0, 0.1) is 0 Å². The first-order valence-corrected chi connectivity index (χ1v) is 7.41. The van der Waals surface area contributed by atoms with Crippen molar-refractivity contribution in [1.82, 2.24) is 14.8 Å². The fourth-order valence-electron chi connectivity index (χ4n) is 1.95. The van der Waals surface area contributed by atoms with E-state index in [1.807, 2.05) is 4.90 Å². The Morgan fingerprint density at radius 3 is 2.74 bits per heavy atom. The molecule has 19 heavy (non-hydrogen) atoms. The van der Waals surface area contributed by atoms with Gasteiger partial charge in [0.25, 0.3) is 5.91 Å². The molecular weight excluding hydrogens is 262 g/mol. The van der Waals surface area contributed by atoms with Crippen LogP contribution in [0.2, 0.25) is 0 Å². The number of anilines is 2. The van der Waals surface area contributed by atoms with Gasteiger partial charge in [-0.05, 0) is 13.5 Å². The van der Waals surface area contributed by atoms with Crippen molar-refractivity contribution in [2.24, 2.45) is 0 Å². The first kappa shape index (κ1) is 14.1. The molecule has 0 atom stereocenters. The Kier molecular flexibility index (Phi) is 4.60. The molecule has 106 valence electrons. The Morgan fingerprint density at radius 1 is 1.42 bits per heavy atom. The number of nitrogens with one attached hydrogen (secondary N) is 1. The van der Waals surface area contributed by atoms with Gasteiger partial charge in [0, 0.05) is 32.7 Å². The van der Waals surface area contributed by atoms with Crippen LogP contribution in [-0.4, -0.2) is 60.5 Å². The molecule has 1 aromatic heterocycles. The molecule has 1 aliphatic rings. The molecule has 7 heteroatoms. The predicted octanol–water partition coefficient (Wildman–Crippen LogP) is 0.935. The Bertz CT molecular complexity index is 439. The van der Waals surface area contributed by atoms with E-state index in [2.05, 4.69) is 29.2 Å². The van der Waals surface area contributed by atoms with Crippen LogP contribution in [0.4, 0.5) is 10.9 Å². The highest BCUT2D eigenvalue weighted by Gasteiger charge is 2.24. The monoisotopic (exact) mass is 283 g/mol. The van der Waals surface area contributed by atoms with Gasteiger partial charge in [0.2, 0.25) is 0 Å². The number of thiazole rings is 1. The third-order valence-corrected chi connectivity index (χ3v) is 4.18. The number of aromatic nitrogens is 1. The molecule has 3 N–H and O–H groups in total. The maximum Gasteiger partial charge on any atom is 0.267 e. The molecule has 2 rings (SSSR count). The largest absolute Gasteiger partial charge is 0.382 e. The minimum absolute atomic E-state index is 0.00708. The van der Waals surface area contributed by atoms with Crippen LogP contribution >= 0.6 is 11.3 Å². The number of rotatable bonds is 4. The summed E-state index contributed by atoms with van der Waals surface area (Å²) in [6, 6.07) is 0. The zero-order valence-electron chi connectivity index (χ0n) is 11.5. The summed E-state index contributed by atoms with van der Waals surface area (Å²) >= 11 is 1.35. The standard InChI is InChI=1S/C12H21N5OS/c1-3-4-14-12-15-10(13)9(19-12)11(18)17-7-5-16(2)6-8-17/h3-8,13H2,1-2H3,(H,14,15). The minimum Gasteiger partial charge on any atom is -0.382 e. The molecule has 0 bridgehead atoms. The van der Waals surface area contributed by atoms with Gasteiger partial charge in [-0.1, -0.05) is 18.3 Å². The van der Waals surface area contributed by atoms with Crippen LogP contribution < -0.4 is 11.1 Å². The second kappa shape index (κ2) is 6.21. The summed E-state index contributed by atoms with van der Waals surface area (Å²) in [6.07, 6.45) is 1.02. The average molecular weight is 283 g/mol. The number of nitrogens with zero attached hydrogens (tertiary/aromatic N) is 3. The zero-order chi connectivity index (χ0) is 13.8. The van der Waals surface area contributed by atoms with Gasteiger partial charge in [-0.15, -0.1) is 0 Å². The first-order chi connectivity index (χ1) is 9.11. The second-order valence-corrected chi connectivity index (χ2v) is 5.75. The number of carbonyl (C=O) groups is 1. The fraction of sp³-hybridized carbons (Fsp3) is 0.667. The topological polar surface area (TPSA) is 74.5 Å². The van der Waals surface area contributed by atoms with Crippen molar-refractivity contribution in [3.8, 4) is 0 Å². The molecule has 0 aromatic carbocycles. The molecule has 0 spiro atoms. The SMILES string of the molecule is CCCNc1nc(N)c(C(=O)N2CCN(C)CC2)s1. The van der Waals surface area contributed by atoms with Gasteiger partial charge in [0.1, 0.15) is 10.7 Å². The lowest BCUT2D eigenvalue weighted by Gasteiger charge is -2.32. The van der Waals surface area contributed by atoms with Gasteiger partial charge >= 0.3 is 0 Å². The first-order valence-electron chi connectivity index (χ1n) is 6.59. The van der Waals surface area contributed by atoms with Crippen molar-refractivity contribution >= 4 is 28.2 Å². The summed E-state index contributed by atoms with van der Waals surface area (Å²) in [7, 11) is 2.07. The summed E-state index contributed by atoms with van der Waals surface area (Å²) in [5.74, 6) is 0.347. The van der Waals surface area contributed by atoms with Crippen LogP contribution in [0.1, 0.15) is 23.0 Å². The van der Waals surface area contributed by atoms with E-state index in [4.69, 9.17) is 5.73 Å². The highest BCUT2D eigenvalue weighted by atomic mass is 32.1. The number of nitrogen functional groups attached to an aromatic ring is 1. The minimum atomic E-state index is 0.00708. The summed E-state index contributed by atoms with van der Waals surface area (Å²) in [5.41, 5.74) is 5.85. The van der Waals surface area contributed by atoms with E-state index < -0.39 is 0 Å². The number of amides is 1. The molecule has 1 amide bonds. The van der Waals surface area contributed by atoms with Crippen LogP contribution in [0.25, 0.3) is 0 Å². The molecule has 1 fully saturated rings. The molecule has 1 aliphatic heterocycles. The summed E-state index contributed by atoms with van der Waals surface area (Å²) in [4.78, 5) is 21.2. The van der Waals surface area contributed by atoms with E-state index in [9.17, 15) is 4.79 Å². The van der Waals surface area contributed by atoms with E-state index in [0.717, 1.165) is 44.3 Å². The summed E-state index contributed by atoms with van der Waals surface area (Å²) < 4.78 is 0. The number of hydrogen-bond acceptors (Lipinski definition) is 6. The van der Waals surface area contributed by atoms with E-state index in [0.29, 0.717) is 10.7 Å². The average Bonchev–Trinajstić information content (AvgIpc) is 2.77. The van der Waals surface area contributed by atoms with Crippen molar-refractivity contribution in [1.29, 1.82) is 0 Å². The number of piperazine rings is 1. The predicted molar refractivity (Wildman–Crippen MR) is 78.7 cm³/mol. The Hall–Kier alpha value is -1.34. The van der Waals surface area contributed by atoms with Crippen molar-refractivity contribution < 1.29 is 4.79 Å². The fourth-order valence-corrected chi connectivity index (χ4v) is 2.82. The van der Waals surface area contributed by atoms with Gasteiger partial charge in [0.15, 0.2) is 5.13 Å². The third-order valence-electron chi connectivity index (χ3n) is 3.16. The molecule has 0 aliphatic carbocycles. The van der Waals surface area contributed by atoms with E-state index in [-0.39, 0.29) is 5.91 Å². The molecule has 1 saturated heterocycles. The van der Waals surface area contributed by atoms with Crippen molar-refractivity contribution in [2.45, 2.75) is 13.3 Å². The molecular formula is C12H21N5OS. The summed E-state index contributed by atoms with van der Waals surface area (Å²) in [5, 5.41) is 3.90. The van der Waals surface area contributed by atoms with Crippen molar-refractivity contribution in [3.05, 3.63) is 4.88 Å². The van der Waals surface area contributed by atoms with E-state index in [1.165, 1.54) is 11.3 Å². The van der Waals surface area contributed by atoms with Gasteiger partial charge in [-0.3, -0.25) is 4.79 Å². The van der Waals surface area contributed by atoms with Gasteiger partial charge < -0.3 is 20.9 Å². The number of likely N-dealkylation sites (N-methyl/N-ethyl adjacent to an activating group) is 1. The van der Waals surface area contributed by atoms with Crippen molar-refractivity contribution in [3.63, 3.8) is 0 Å². The zero-order valence-corrected chi connectivity index (χ0v) is 12.3. The molecule has 0 saturated carbocycles. The van der Waals surface area contributed by atoms with Gasteiger partial charge in [0.05, 0.1) is 0 Å². The highest BCUT2D eigenvalue weighted by Crippen LogP contribution is 2.26. The number of nitrogens with two attached hydrogens (primary N) is 1. The summed E-state index contributed by atoms with van der Waals surface area (Å²) in [6.45, 7) is 6.25. The maximum atomic E-state index is 12.4. The van der Waals surface area contributed by atoms with Crippen LogP contribution in [0.5, 0.6) is 0 Å². The molecule has 0 radical (unpaired) electrons. The smallest absolute Gasteiger partial charge is 0.267 e. The van der Waals surface area contributed by atoms with Crippen LogP contribution in [0.15, 0.2) is 0 Å². The maximum absolute atomic E-state index is 12.4. The molecule has 2 heterocycles. The Balaban J connectivity index is 2.04. The molecule has 0 unspecified atom stereocenters. The van der Waals surface area contributed by atoms with E-state index >= 15 is 0 Å².